The number of aliphatic hydroxyl groups excluding tert-OH is 1. The topological polar surface area (TPSA) is 93.5 Å². The van der Waals surface area contributed by atoms with Crippen LogP contribution >= 0.6 is 0 Å². The Kier molecular flexibility index (Phi) is 8.24. The number of aliphatic hydroxyl groups is 1. The Morgan fingerprint density at radius 3 is 1.90 bits per heavy atom. The Bertz CT molecular complexity index is 1370. The average Bonchev–Trinajstić information content (AvgIpc) is 2.92. The third-order valence-electron chi connectivity index (χ3n) is 5.81. The maximum Gasteiger partial charge on any atom is 0.418 e. The van der Waals surface area contributed by atoms with Crippen LogP contribution in [-0.4, -0.2) is 45.4 Å². The summed E-state index contributed by atoms with van der Waals surface area (Å²) in [6.45, 7) is 2.24. The molecule has 0 aliphatic heterocycles. The number of nitrogens with zero attached hydrogens (tertiary/aromatic N) is 5. The van der Waals surface area contributed by atoms with Crippen molar-refractivity contribution in [3.63, 3.8) is 0 Å². The summed E-state index contributed by atoms with van der Waals surface area (Å²) >= 11 is 0. The number of aryl methyl sites for hydroxylation is 1. The highest BCUT2D eigenvalue weighted by Gasteiger charge is 2.40. The van der Waals surface area contributed by atoms with Crippen molar-refractivity contribution in [2.45, 2.75) is 32.3 Å². The van der Waals surface area contributed by atoms with Crippen molar-refractivity contribution in [1.82, 2.24) is 19.9 Å². The zero-order valence-corrected chi connectivity index (χ0v) is 21.3. The lowest BCUT2D eigenvalue weighted by Crippen LogP contribution is -2.25. The molecule has 204 valence electrons. The Hall–Kier alpha value is -4.32. The highest BCUT2D eigenvalue weighted by atomic mass is 19.4. The van der Waals surface area contributed by atoms with E-state index in [-0.39, 0.29) is 17.6 Å². The van der Waals surface area contributed by atoms with Gasteiger partial charge in [-0.15, -0.1) is 0 Å². The normalized spacial score (nSPS) is 12.2. The van der Waals surface area contributed by atoms with Gasteiger partial charge in [0.05, 0.1) is 19.8 Å². The van der Waals surface area contributed by atoms with Crippen LogP contribution in [0.15, 0.2) is 60.8 Å². The standard InChI is InChI=1S/C27H25F4N5O3/c1-16-33-25(22-12-19(13-32-24(22)28)23(37)27(29,30)31)35-26(34-16)36(14-17-4-8-20(38-2)9-5-17)15-18-6-10-21(39-3)11-7-18/h4-13,23,37H,14-15H2,1-3H3. The van der Waals surface area contributed by atoms with Crippen LogP contribution in [0.1, 0.15) is 28.6 Å². The Labute approximate surface area is 221 Å². The molecule has 39 heavy (non-hydrogen) atoms. The highest BCUT2D eigenvalue weighted by Crippen LogP contribution is 2.34. The molecule has 1 unspecified atom stereocenters. The molecule has 0 amide bonds. The third-order valence-corrected chi connectivity index (χ3v) is 5.81. The number of halogens is 4. The van der Waals surface area contributed by atoms with E-state index in [1.165, 1.54) is 0 Å². The van der Waals surface area contributed by atoms with Crippen LogP contribution in [0.2, 0.25) is 0 Å². The summed E-state index contributed by atoms with van der Waals surface area (Å²) in [5.74, 6) is 0.455. The van der Waals surface area contributed by atoms with Crippen molar-refractivity contribution in [3.05, 3.63) is 89.3 Å². The number of hydrogen-bond donors (Lipinski definition) is 1. The highest BCUT2D eigenvalue weighted by molar-refractivity contribution is 5.57. The molecular formula is C27H25F4N5O3. The predicted octanol–water partition coefficient (Wildman–Crippen LogP) is 5.20. The fourth-order valence-corrected chi connectivity index (χ4v) is 3.79. The first-order valence-corrected chi connectivity index (χ1v) is 11.7. The first-order chi connectivity index (χ1) is 18.6. The van der Waals surface area contributed by atoms with Gasteiger partial charge in [-0.3, -0.25) is 0 Å². The van der Waals surface area contributed by atoms with E-state index >= 15 is 0 Å². The second-order valence-corrected chi connectivity index (χ2v) is 8.61. The lowest BCUT2D eigenvalue weighted by Gasteiger charge is -2.24. The predicted molar refractivity (Wildman–Crippen MR) is 135 cm³/mol. The van der Waals surface area contributed by atoms with Crippen molar-refractivity contribution in [2.75, 3.05) is 19.1 Å². The van der Waals surface area contributed by atoms with Crippen LogP contribution in [0.4, 0.5) is 23.5 Å². The van der Waals surface area contributed by atoms with Crippen LogP contribution < -0.4 is 14.4 Å². The van der Waals surface area contributed by atoms with Gasteiger partial charge in [0.2, 0.25) is 11.9 Å². The molecule has 0 spiro atoms. The number of methoxy groups -OCH3 is 2. The lowest BCUT2D eigenvalue weighted by molar-refractivity contribution is -0.206. The Morgan fingerprint density at radius 2 is 1.41 bits per heavy atom. The second-order valence-electron chi connectivity index (χ2n) is 8.61. The molecule has 0 bridgehead atoms. The number of alkyl halides is 3. The molecule has 2 heterocycles. The van der Waals surface area contributed by atoms with Crippen molar-refractivity contribution in [3.8, 4) is 22.9 Å². The number of rotatable bonds is 9. The molecule has 0 aliphatic carbocycles. The van der Waals surface area contributed by atoms with Gasteiger partial charge in [-0.25, -0.2) is 9.97 Å². The van der Waals surface area contributed by atoms with Crippen molar-refractivity contribution in [1.29, 1.82) is 0 Å². The molecule has 0 radical (unpaired) electrons. The number of anilines is 1. The van der Waals surface area contributed by atoms with Crippen molar-refractivity contribution < 1.29 is 32.1 Å². The van der Waals surface area contributed by atoms with Gasteiger partial charge in [0.1, 0.15) is 17.3 Å². The molecule has 1 N–H and O–H groups in total. The van der Waals surface area contributed by atoms with E-state index < -0.39 is 29.4 Å². The monoisotopic (exact) mass is 543 g/mol. The number of pyridine rings is 1. The summed E-state index contributed by atoms with van der Waals surface area (Å²) in [7, 11) is 3.13. The van der Waals surface area contributed by atoms with E-state index in [0.717, 1.165) is 17.2 Å². The van der Waals surface area contributed by atoms with Crippen LogP contribution in [0, 0.1) is 12.9 Å². The van der Waals surface area contributed by atoms with Crippen LogP contribution in [0.5, 0.6) is 11.5 Å². The number of aromatic nitrogens is 4. The van der Waals surface area contributed by atoms with Gasteiger partial charge < -0.3 is 19.5 Å². The molecule has 2 aromatic heterocycles. The average molecular weight is 544 g/mol. The largest absolute Gasteiger partial charge is 0.497 e. The fraction of sp³-hybridized carbons (Fsp3) is 0.259. The van der Waals surface area contributed by atoms with Crippen LogP contribution in [0.25, 0.3) is 11.4 Å². The van der Waals surface area contributed by atoms with Crippen LogP contribution in [0.3, 0.4) is 0 Å². The molecule has 0 aliphatic rings. The number of benzene rings is 2. The molecule has 1 atom stereocenters. The van der Waals surface area contributed by atoms with Gasteiger partial charge in [0, 0.05) is 24.8 Å². The van der Waals surface area contributed by atoms with E-state index in [9.17, 15) is 22.7 Å². The molecule has 8 nitrogen and oxygen atoms in total. The number of ether oxygens (including phenoxy) is 2. The third kappa shape index (κ3) is 6.77. The first kappa shape index (κ1) is 27.7. The summed E-state index contributed by atoms with van der Waals surface area (Å²) in [5, 5.41) is 9.65. The van der Waals surface area contributed by atoms with Crippen molar-refractivity contribution in [2.24, 2.45) is 0 Å². The second kappa shape index (κ2) is 11.6. The van der Waals surface area contributed by atoms with Crippen molar-refractivity contribution >= 4 is 5.95 Å². The van der Waals surface area contributed by atoms with E-state index in [2.05, 4.69) is 19.9 Å². The minimum absolute atomic E-state index is 0.172. The summed E-state index contributed by atoms with van der Waals surface area (Å²) in [6, 6.07) is 15.6. The van der Waals surface area contributed by atoms with Gasteiger partial charge in [-0.05, 0) is 48.4 Å². The van der Waals surface area contributed by atoms with Gasteiger partial charge in [-0.1, -0.05) is 24.3 Å². The Balaban J connectivity index is 1.75. The minimum Gasteiger partial charge on any atom is -0.497 e. The molecular weight excluding hydrogens is 518 g/mol. The summed E-state index contributed by atoms with van der Waals surface area (Å²) in [4.78, 5) is 18.2. The fourth-order valence-electron chi connectivity index (χ4n) is 3.79. The quantitative estimate of drug-likeness (QED) is 0.228. The molecule has 0 saturated carbocycles. The SMILES string of the molecule is COc1ccc(CN(Cc2ccc(OC)cc2)c2nc(C)nc(-c3cc(C(O)C(F)(F)F)cnc3F)n2)cc1. The maximum atomic E-state index is 14.7. The van der Waals surface area contributed by atoms with Gasteiger partial charge in [-0.2, -0.15) is 27.5 Å². The van der Waals surface area contributed by atoms with Crippen LogP contribution in [-0.2, 0) is 13.1 Å². The molecule has 4 rings (SSSR count). The Morgan fingerprint density at radius 1 is 0.872 bits per heavy atom. The smallest absolute Gasteiger partial charge is 0.418 e. The zero-order chi connectivity index (χ0) is 28.2. The van der Waals surface area contributed by atoms with E-state index in [1.54, 1.807) is 21.1 Å². The number of hydrogen-bond acceptors (Lipinski definition) is 8. The molecule has 12 heteroatoms. The molecule has 2 aromatic carbocycles. The van der Waals surface area contributed by atoms with E-state index in [4.69, 9.17) is 9.47 Å². The summed E-state index contributed by atoms with van der Waals surface area (Å²) in [6.07, 6.45) is -7.16. The van der Waals surface area contributed by atoms with Gasteiger partial charge >= 0.3 is 6.18 Å². The summed E-state index contributed by atoms with van der Waals surface area (Å²) in [5.41, 5.74) is 0.766. The summed E-state index contributed by atoms with van der Waals surface area (Å²) < 4.78 is 64.4. The zero-order valence-electron chi connectivity index (χ0n) is 21.3. The molecule has 0 fully saturated rings. The first-order valence-electron chi connectivity index (χ1n) is 11.7. The van der Waals surface area contributed by atoms with E-state index in [0.29, 0.717) is 30.8 Å². The minimum atomic E-state index is -4.95. The van der Waals surface area contributed by atoms with Gasteiger partial charge in [0.15, 0.2) is 11.9 Å². The molecule has 0 saturated heterocycles. The molecule has 4 aromatic rings. The maximum absolute atomic E-state index is 14.7. The van der Waals surface area contributed by atoms with E-state index in [1.807, 2.05) is 53.4 Å². The lowest BCUT2D eigenvalue weighted by atomic mass is 10.1. The van der Waals surface area contributed by atoms with Gasteiger partial charge in [0.25, 0.3) is 0 Å².